The molecule has 0 amide bonds. The molecule has 1 saturated heterocycles. The third kappa shape index (κ3) is 2.57. The predicted octanol–water partition coefficient (Wildman–Crippen LogP) is 4.07. The van der Waals surface area contributed by atoms with E-state index in [9.17, 15) is 0 Å². The lowest BCUT2D eigenvalue weighted by molar-refractivity contribution is 0.255. The number of aliphatic imine (C=N–C) groups is 1. The van der Waals surface area contributed by atoms with Crippen molar-refractivity contribution in [3.05, 3.63) is 59.9 Å². The molecule has 0 N–H and O–H groups in total. The van der Waals surface area contributed by atoms with Gasteiger partial charge in [-0.3, -0.25) is 9.98 Å². The third-order valence-corrected chi connectivity index (χ3v) is 5.91. The van der Waals surface area contributed by atoms with Crippen LogP contribution in [0.4, 0.5) is 0 Å². The Morgan fingerprint density at radius 1 is 1.21 bits per heavy atom. The van der Waals surface area contributed by atoms with Crippen molar-refractivity contribution in [2.45, 2.75) is 31.5 Å². The summed E-state index contributed by atoms with van der Waals surface area (Å²) in [6.07, 6.45) is 2.99. The molecule has 2 aliphatic rings. The van der Waals surface area contributed by atoms with Crippen LogP contribution >= 0.6 is 11.8 Å². The van der Waals surface area contributed by atoms with Crippen molar-refractivity contribution >= 4 is 16.9 Å². The summed E-state index contributed by atoms with van der Waals surface area (Å²) in [5, 5.41) is 1.17. The first-order valence-electron chi connectivity index (χ1n) is 8.35. The second-order valence-corrected chi connectivity index (χ2v) is 7.10. The normalized spacial score (nSPS) is 25.5. The van der Waals surface area contributed by atoms with Gasteiger partial charge in [-0.05, 0) is 36.2 Å². The lowest BCUT2D eigenvalue weighted by Crippen LogP contribution is -2.35. The summed E-state index contributed by atoms with van der Waals surface area (Å²) in [6.45, 7) is 2.26. The van der Waals surface area contributed by atoms with Crippen molar-refractivity contribution in [3.63, 3.8) is 0 Å². The largest absolute Gasteiger partial charge is 0.497 e. The summed E-state index contributed by atoms with van der Waals surface area (Å²) in [5.41, 5.74) is 2.31. The van der Waals surface area contributed by atoms with E-state index in [1.165, 1.54) is 10.7 Å². The van der Waals surface area contributed by atoms with Crippen LogP contribution < -0.4 is 4.74 Å². The Labute approximate surface area is 147 Å². The van der Waals surface area contributed by atoms with Crippen LogP contribution in [0.5, 0.6) is 5.75 Å². The average Bonchev–Trinajstić information content (AvgIpc) is 3.21. The van der Waals surface area contributed by atoms with Gasteiger partial charge in [0.25, 0.3) is 0 Å². The molecule has 1 aromatic heterocycles. The molecule has 0 bridgehead atoms. The van der Waals surface area contributed by atoms with Gasteiger partial charge in [0.05, 0.1) is 18.8 Å². The summed E-state index contributed by atoms with van der Waals surface area (Å²) in [5.74, 6) is 2.01. The Morgan fingerprint density at radius 2 is 2.04 bits per heavy atom. The van der Waals surface area contributed by atoms with E-state index in [4.69, 9.17) is 9.73 Å². The Kier molecular flexibility index (Phi) is 4.19. The van der Waals surface area contributed by atoms with Crippen molar-refractivity contribution in [2.75, 3.05) is 12.9 Å². The first kappa shape index (κ1) is 15.5. The molecule has 1 fully saturated rings. The van der Waals surface area contributed by atoms with Crippen LogP contribution in [0.25, 0.3) is 0 Å². The fourth-order valence-corrected chi connectivity index (χ4v) is 4.85. The van der Waals surface area contributed by atoms with Gasteiger partial charge in [0.1, 0.15) is 11.8 Å². The van der Waals surface area contributed by atoms with Crippen molar-refractivity contribution in [1.29, 1.82) is 0 Å². The lowest BCUT2D eigenvalue weighted by atomic mass is 9.95. The van der Waals surface area contributed by atoms with E-state index in [0.29, 0.717) is 6.04 Å². The van der Waals surface area contributed by atoms with Gasteiger partial charge >= 0.3 is 0 Å². The molecule has 0 spiro atoms. The minimum absolute atomic E-state index is 0.0523. The van der Waals surface area contributed by atoms with E-state index in [0.717, 1.165) is 23.6 Å². The smallest absolute Gasteiger partial charge is 0.160 e. The standard InChI is InChI=1S/C19H21N3OS/c1-3-14-12-24-19-21-17(16-6-4-5-11-20-16)18(22(14)19)13-7-9-15(23-2)10-8-13/h4-11,14,17-18H,3,12H2,1-2H3/t14-,17+,18-/m1/s1. The molecule has 2 aliphatic heterocycles. The molecule has 0 unspecified atom stereocenters. The number of hydrogen-bond donors (Lipinski definition) is 0. The second kappa shape index (κ2) is 6.48. The average molecular weight is 339 g/mol. The summed E-state index contributed by atoms with van der Waals surface area (Å²) in [4.78, 5) is 12.1. The fraction of sp³-hybridized carbons (Fsp3) is 0.368. The van der Waals surface area contributed by atoms with E-state index in [-0.39, 0.29) is 12.1 Å². The van der Waals surface area contributed by atoms with E-state index in [2.05, 4.69) is 35.0 Å². The molecule has 0 saturated carbocycles. The number of fused-ring (bicyclic) bond motifs is 1. The monoisotopic (exact) mass is 339 g/mol. The lowest BCUT2D eigenvalue weighted by Gasteiger charge is -2.32. The molecular weight excluding hydrogens is 318 g/mol. The van der Waals surface area contributed by atoms with Gasteiger partial charge in [-0.15, -0.1) is 0 Å². The number of nitrogens with zero attached hydrogens (tertiary/aromatic N) is 3. The van der Waals surface area contributed by atoms with Gasteiger partial charge in [-0.25, -0.2) is 0 Å². The zero-order valence-electron chi connectivity index (χ0n) is 13.9. The number of ether oxygens (including phenoxy) is 1. The van der Waals surface area contributed by atoms with E-state index in [1.807, 2.05) is 42.2 Å². The van der Waals surface area contributed by atoms with Crippen LogP contribution in [0.1, 0.15) is 36.7 Å². The van der Waals surface area contributed by atoms with Gasteiger partial charge in [-0.2, -0.15) is 0 Å². The van der Waals surface area contributed by atoms with E-state index in [1.54, 1.807) is 7.11 Å². The topological polar surface area (TPSA) is 37.7 Å². The van der Waals surface area contributed by atoms with Crippen molar-refractivity contribution in [3.8, 4) is 5.75 Å². The number of amidine groups is 1. The van der Waals surface area contributed by atoms with Gasteiger partial charge in [0.2, 0.25) is 0 Å². The van der Waals surface area contributed by atoms with Crippen molar-refractivity contribution < 1.29 is 4.74 Å². The van der Waals surface area contributed by atoms with Crippen LogP contribution in [-0.2, 0) is 0 Å². The molecule has 0 radical (unpaired) electrons. The summed E-state index contributed by atoms with van der Waals surface area (Å²) < 4.78 is 5.31. The number of aromatic nitrogens is 1. The number of benzene rings is 1. The first-order chi connectivity index (χ1) is 11.8. The first-order valence-corrected chi connectivity index (χ1v) is 9.34. The number of hydrogen-bond acceptors (Lipinski definition) is 5. The van der Waals surface area contributed by atoms with Gasteiger partial charge in [0, 0.05) is 18.0 Å². The Morgan fingerprint density at radius 3 is 2.71 bits per heavy atom. The summed E-state index contributed by atoms with van der Waals surface area (Å²) >= 11 is 1.87. The van der Waals surface area contributed by atoms with Gasteiger partial charge in [0.15, 0.2) is 5.17 Å². The minimum Gasteiger partial charge on any atom is -0.497 e. The van der Waals surface area contributed by atoms with Crippen LogP contribution in [0, 0.1) is 0 Å². The number of thioether (sulfide) groups is 1. The molecular formula is C19H21N3OS. The predicted molar refractivity (Wildman–Crippen MR) is 98.5 cm³/mol. The Balaban J connectivity index is 1.76. The summed E-state index contributed by atoms with van der Waals surface area (Å²) in [6, 6.07) is 15.3. The molecule has 0 aliphatic carbocycles. The molecule has 3 heterocycles. The fourth-order valence-electron chi connectivity index (χ4n) is 3.51. The van der Waals surface area contributed by atoms with Crippen molar-refractivity contribution in [1.82, 2.24) is 9.88 Å². The Hall–Kier alpha value is -2.01. The molecule has 4 nitrogen and oxygen atoms in total. The van der Waals surface area contributed by atoms with Gasteiger partial charge < -0.3 is 9.64 Å². The molecule has 4 rings (SSSR count). The van der Waals surface area contributed by atoms with Crippen LogP contribution in [-0.4, -0.2) is 34.0 Å². The maximum atomic E-state index is 5.31. The number of methoxy groups -OCH3 is 1. The van der Waals surface area contributed by atoms with Crippen LogP contribution in [0.2, 0.25) is 0 Å². The van der Waals surface area contributed by atoms with Crippen LogP contribution in [0.15, 0.2) is 53.7 Å². The molecule has 3 atom stereocenters. The second-order valence-electron chi connectivity index (χ2n) is 6.11. The molecule has 5 heteroatoms. The molecule has 1 aromatic carbocycles. The third-order valence-electron chi connectivity index (χ3n) is 4.79. The molecule has 24 heavy (non-hydrogen) atoms. The van der Waals surface area contributed by atoms with Crippen LogP contribution in [0.3, 0.4) is 0 Å². The van der Waals surface area contributed by atoms with Crippen molar-refractivity contribution in [2.24, 2.45) is 4.99 Å². The highest BCUT2D eigenvalue weighted by Gasteiger charge is 2.45. The minimum atomic E-state index is 0.0523. The Bertz CT molecular complexity index is 732. The van der Waals surface area contributed by atoms with E-state index < -0.39 is 0 Å². The zero-order chi connectivity index (χ0) is 16.5. The highest BCUT2D eigenvalue weighted by Crippen LogP contribution is 2.48. The summed E-state index contributed by atoms with van der Waals surface area (Å²) in [7, 11) is 1.70. The zero-order valence-corrected chi connectivity index (χ0v) is 14.7. The maximum Gasteiger partial charge on any atom is 0.160 e. The number of rotatable bonds is 4. The molecule has 2 aromatic rings. The SMILES string of the molecule is CC[C@@H]1CSC2=N[C@@H](c3ccccn3)[C@@H](c3ccc(OC)cc3)N21. The van der Waals surface area contributed by atoms with E-state index >= 15 is 0 Å². The quantitative estimate of drug-likeness (QED) is 0.841. The highest BCUT2D eigenvalue weighted by atomic mass is 32.2. The van der Waals surface area contributed by atoms with Gasteiger partial charge in [-0.1, -0.05) is 36.9 Å². The molecule has 124 valence electrons. The maximum absolute atomic E-state index is 5.31. The highest BCUT2D eigenvalue weighted by molar-refractivity contribution is 8.14. The number of pyridine rings is 1.